The molecule has 0 aliphatic heterocycles. The molecule has 3 nitrogen and oxygen atoms in total. The van der Waals surface area contributed by atoms with Crippen LogP contribution in [0.15, 0.2) is 39.9 Å². The molecular weight excluding hydrogens is 214 g/mol. The minimum atomic E-state index is 0.473. The predicted molar refractivity (Wildman–Crippen MR) is 67.6 cm³/mol. The average Bonchev–Trinajstić information content (AvgIpc) is 2.77. The lowest BCUT2D eigenvalue weighted by Crippen LogP contribution is -1.90. The van der Waals surface area contributed by atoms with Crippen molar-refractivity contribution in [1.29, 1.82) is 0 Å². The first-order chi connectivity index (χ1) is 8.11. The summed E-state index contributed by atoms with van der Waals surface area (Å²) in [6.07, 6.45) is 0. The van der Waals surface area contributed by atoms with E-state index in [1.807, 2.05) is 18.2 Å². The van der Waals surface area contributed by atoms with Gasteiger partial charge >= 0.3 is 0 Å². The molecule has 3 heteroatoms. The first-order valence-corrected chi connectivity index (χ1v) is 5.48. The van der Waals surface area contributed by atoms with Gasteiger partial charge in [0.25, 0.3) is 0 Å². The van der Waals surface area contributed by atoms with Crippen molar-refractivity contribution in [3.63, 3.8) is 0 Å². The highest BCUT2D eigenvalue weighted by atomic mass is 16.4. The first-order valence-electron chi connectivity index (χ1n) is 5.48. The maximum absolute atomic E-state index is 8.69. The molecule has 1 heterocycles. The van der Waals surface area contributed by atoms with Crippen molar-refractivity contribution in [3.05, 3.63) is 47.2 Å². The zero-order valence-electron chi connectivity index (χ0n) is 10.2. The lowest BCUT2D eigenvalue weighted by atomic mass is 10.0. The fourth-order valence-corrected chi connectivity index (χ4v) is 1.82. The van der Waals surface area contributed by atoms with Crippen LogP contribution < -0.4 is 0 Å². The quantitative estimate of drug-likeness (QED) is 0.484. The largest absolute Gasteiger partial charge is 0.455 e. The molecule has 0 spiro atoms. The molecule has 0 saturated heterocycles. The normalized spacial score (nSPS) is 11.8. The number of oxime groups is 1. The second-order valence-corrected chi connectivity index (χ2v) is 4.17. The van der Waals surface area contributed by atoms with Crippen molar-refractivity contribution in [1.82, 2.24) is 0 Å². The monoisotopic (exact) mass is 229 g/mol. The topological polar surface area (TPSA) is 45.7 Å². The summed E-state index contributed by atoms with van der Waals surface area (Å²) in [5.74, 6) is 1.38. The molecule has 1 aromatic heterocycles. The minimum absolute atomic E-state index is 0.473. The number of furan rings is 1. The Morgan fingerprint density at radius 1 is 1.18 bits per heavy atom. The highest BCUT2D eigenvalue weighted by Gasteiger charge is 2.09. The highest BCUT2D eigenvalue weighted by Crippen LogP contribution is 2.26. The molecule has 88 valence electrons. The van der Waals surface area contributed by atoms with Crippen molar-refractivity contribution in [2.24, 2.45) is 5.16 Å². The van der Waals surface area contributed by atoms with E-state index in [0.717, 1.165) is 11.3 Å². The van der Waals surface area contributed by atoms with E-state index >= 15 is 0 Å². The standard InChI is InChI=1S/C14H15NO2/c1-9-4-5-12(10(2)8-9)14-7-6-13(17-14)11(3)15-16/h4-8,16H,1-3H3/b15-11+. The van der Waals surface area contributed by atoms with Crippen LogP contribution in [0.4, 0.5) is 0 Å². The van der Waals surface area contributed by atoms with E-state index < -0.39 is 0 Å². The Bertz CT molecular complexity index is 567. The Balaban J connectivity index is 2.44. The fraction of sp³-hybridized carbons (Fsp3) is 0.214. The molecule has 0 fully saturated rings. The van der Waals surface area contributed by atoms with Crippen molar-refractivity contribution >= 4 is 5.71 Å². The van der Waals surface area contributed by atoms with Crippen LogP contribution in [0.2, 0.25) is 0 Å². The highest BCUT2D eigenvalue weighted by molar-refractivity contribution is 5.96. The van der Waals surface area contributed by atoms with E-state index in [1.54, 1.807) is 6.92 Å². The number of hydrogen-bond donors (Lipinski definition) is 1. The lowest BCUT2D eigenvalue weighted by molar-refractivity contribution is 0.317. The zero-order chi connectivity index (χ0) is 12.4. The third kappa shape index (κ3) is 2.23. The SMILES string of the molecule is C/C(=N\O)c1ccc(-c2ccc(C)cc2C)o1. The summed E-state index contributed by atoms with van der Waals surface area (Å²) in [5, 5.41) is 11.8. The van der Waals surface area contributed by atoms with Crippen molar-refractivity contribution in [2.75, 3.05) is 0 Å². The third-order valence-corrected chi connectivity index (χ3v) is 2.76. The molecule has 0 aliphatic rings. The van der Waals surface area contributed by atoms with Gasteiger partial charge in [-0.25, -0.2) is 0 Å². The maximum atomic E-state index is 8.69. The van der Waals surface area contributed by atoms with Crippen molar-refractivity contribution in [2.45, 2.75) is 20.8 Å². The number of benzene rings is 1. The van der Waals surface area contributed by atoms with Gasteiger partial charge in [0, 0.05) is 5.56 Å². The molecule has 0 saturated carbocycles. The van der Waals surface area contributed by atoms with E-state index in [0.29, 0.717) is 11.5 Å². The molecule has 0 atom stereocenters. The Labute approximate surface area is 100 Å². The van der Waals surface area contributed by atoms with E-state index in [9.17, 15) is 0 Å². The summed E-state index contributed by atoms with van der Waals surface area (Å²) in [6, 6.07) is 9.91. The Hall–Kier alpha value is -2.03. The van der Waals surface area contributed by atoms with Gasteiger partial charge in [-0.1, -0.05) is 28.9 Å². The van der Waals surface area contributed by atoms with E-state index in [4.69, 9.17) is 9.62 Å². The van der Waals surface area contributed by atoms with E-state index in [2.05, 4.69) is 31.1 Å². The molecule has 0 aliphatic carbocycles. The van der Waals surface area contributed by atoms with Gasteiger partial charge in [0.15, 0.2) is 5.76 Å². The van der Waals surface area contributed by atoms with Gasteiger partial charge in [-0.05, 0) is 38.5 Å². The van der Waals surface area contributed by atoms with Crippen molar-refractivity contribution in [3.8, 4) is 11.3 Å². The molecule has 2 rings (SSSR count). The van der Waals surface area contributed by atoms with E-state index in [-0.39, 0.29) is 0 Å². The van der Waals surface area contributed by atoms with Gasteiger partial charge < -0.3 is 9.62 Å². The molecule has 1 aromatic carbocycles. The summed E-state index contributed by atoms with van der Waals surface area (Å²) >= 11 is 0. The molecule has 0 unspecified atom stereocenters. The molecular formula is C14H15NO2. The second kappa shape index (κ2) is 4.45. The molecule has 1 N–H and O–H groups in total. The van der Waals surface area contributed by atoms with Gasteiger partial charge in [-0.2, -0.15) is 0 Å². The zero-order valence-corrected chi connectivity index (χ0v) is 10.2. The van der Waals surface area contributed by atoms with Crippen LogP contribution in [-0.4, -0.2) is 10.9 Å². The van der Waals surface area contributed by atoms with E-state index in [1.165, 1.54) is 11.1 Å². The number of aryl methyl sites for hydroxylation is 2. The molecule has 2 aromatic rings. The van der Waals surface area contributed by atoms with Crippen molar-refractivity contribution < 1.29 is 9.62 Å². The van der Waals surface area contributed by atoms with Gasteiger partial charge in [0.1, 0.15) is 11.5 Å². The summed E-state index contributed by atoms with van der Waals surface area (Å²) in [5.41, 5.74) is 3.93. The van der Waals surface area contributed by atoms with Crippen LogP contribution in [0.25, 0.3) is 11.3 Å². The summed E-state index contributed by atoms with van der Waals surface area (Å²) in [6.45, 7) is 5.81. The minimum Gasteiger partial charge on any atom is -0.455 e. The summed E-state index contributed by atoms with van der Waals surface area (Å²) in [4.78, 5) is 0. The maximum Gasteiger partial charge on any atom is 0.152 e. The van der Waals surface area contributed by atoms with Gasteiger partial charge in [0.05, 0.1) is 0 Å². The number of rotatable bonds is 2. The Kier molecular flexibility index (Phi) is 3.00. The van der Waals surface area contributed by atoms with Crippen LogP contribution >= 0.6 is 0 Å². The summed E-state index contributed by atoms with van der Waals surface area (Å²) in [7, 11) is 0. The van der Waals surface area contributed by atoms with Crippen LogP contribution in [0.3, 0.4) is 0 Å². The third-order valence-electron chi connectivity index (χ3n) is 2.76. The molecule has 0 amide bonds. The van der Waals surface area contributed by atoms with Crippen LogP contribution in [0.5, 0.6) is 0 Å². The number of nitrogens with zero attached hydrogens (tertiary/aromatic N) is 1. The van der Waals surface area contributed by atoms with Gasteiger partial charge in [-0.15, -0.1) is 0 Å². The van der Waals surface area contributed by atoms with Gasteiger partial charge in [0.2, 0.25) is 0 Å². The van der Waals surface area contributed by atoms with Crippen LogP contribution in [0, 0.1) is 13.8 Å². The Morgan fingerprint density at radius 2 is 1.94 bits per heavy atom. The smallest absolute Gasteiger partial charge is 0.152 e. The lowest BCUT2D eigenvalue weighted by Gasteiger charge is -2.03. The molecule has 0 bridgehead atoms. The second-order valence-electron chi connectivity index (χ2n) is 4.17. The first kappa shape index (κ1) is 11.5. The predicted octanol–water partition coefficient (Wildman–Crippen LogP) is 3.76. The summed E-state index contributed by atoms with van der Waals surface area (Å²) < 4.78 is 5.65. The number of hydrogen-bond acceptors (Lipinski definition) is 3. The van der Waals surface area contributed by atoms with Gasteiger partial charge in [-0.3, -0.25) is 0 Å². The molecule has 0 radical (unpaired) electrons. The van der Waals surface area contributed by atoms with Crippen LogP contribution in [-0.2, 0) is 0 Å². The Morgan fingerprint density at radius 3 is 2.59 bits per heavy atom. The fourth-order valence-electron chi connectivity index (χ4n) is 1.82. The molecule has 17 heavy (non-hydrogen) atoms. The van der Waals surface area contributed by atoms with Crippen LogP contribution in [0.1, 0.15) is 23.8 Å². The average molecular weight is 229 g/mol.